The molecule has 2 unspecified atom stereocenters. The van der Waals surface area contributed by atoms with E-state index in [-0.39, 0.29) is 24.2 Å². The Labute approximate surface area is 155 Å². The van der Waals surface area contributed by atoms with E-state index in [1.807, 2.05) is 6.07 Å². The molecule has 2 aliphatic carbocycles. The van der Waals surface area contributed by atoms with Crippen LogP contribution in [0.2, 0.25) is 0 Å². The number of benzene rings is 1. The zero-order chi connectivity index (χ0) is 16.5. The van der Waals surface area contributed by atoms with Gasteiger partial charge in [0.05, 0.1) is 0 Å². The Kier molecular flexibility index (Phi) is 5.70. The predicted octanol–water partition coefficient (Wildman–Crippen LogP) is 3.40. The Morgan fingerprint density at radius 1 is 1.20 bits per heavy atom. The van der Waals surface area contributed by atoms with Gasteiger partial charge in [-0.3, -0.25) is 4.79 Å². The standard InChI is InChI=1S/C20H27N3O.ClH/c21-19-13-4-3-5-14(19)11-16(10-13)20(24)22-9-8-15-12-23-18-7-2-1-6-17(15)18;/h1-2,6-7,12-14,16,19,23H,3-5,8-11,21H2,(H,22,24);1H. The first-order chi connectivity index (χ1) is 11.7. The molecular formula is C20H28ClN3O. The number of nitrogens with two attached hydrogens (primary N) is 1. The fourth-order valence-corrected chi connectivity index (χ4v) is 4.81. The summed E-state index contributed by atoms with van der Waals surface area (Å²) < 4.78 is 0. The van der Waals surface area contributed by atoms with Gasteiger partial charge in [0, 0.05) is 35.6 Å². The van der Waals surface area contributed by atoms with Crippen LogP contribution in [0.4, 0.5) is 0 Å². The molecular weight excluding hydrogens is 334 g/mol. The molecule has 2 bridgehead atoms. The van der Waals surface area contributed by atoms with E-state index in [0.29, 0.717) is 24.4 Å². The van der Waals surface area contributed by atoms with E-state index in [9.17, 15) is 4.79 Å². The summed E-state index contributed by atoms with van der Waals surface area (Å²) in [5.41, 5.74) is 8.76. The van der Waals surface area contributed by atoms with Crippen molar-refractivity contribution in [3.8, 4) is 0 Å². The highest BCUT2D eigenvalue weighted by molar-refractivity contribution is 5.85. The zero-order valence-corrected chi connectivity index (χ0v) is 15.4. The highest BCUT2D eigenvalue weighted by atomic mass is 35.5. The number of halogens is 1. The Morgan fingerprint density at radius 3 is 2.68 bits per heavy atom. The molecule has 1 heterocycles. The van der Waals surface area contributed by atoms with Gasteiger partial charge < -0.3 is 16.0 Å². The summed E-state index contributed by atoms with van der Waals surface area (Å²) in [5, 5.41) is 4.42. The van der Waals surface area contributed by atoms with Gasteiger partial charge in [0.1, 0.15) is 0 Å². The summed E-state index contributed by atoms with van der Waals surface area (Å²) in [6.45, 7) is 0.707. The van der Waals surface area contributed by atoms with Gasteiger partial charge in [-0.25, -0.2) is 0 Å². The van der Waals surface area contributed by atoms with E-state index < -0.39 is 0 Å². The van der Waals surface area contributed by atoms with Crippen molar-refractivity contribution in [1.29, 1.82) is 0 Å². The zero-order valence-electron chi connectivity index (χ0n) is 14.5. The van der Waals surface area contributed by atoms with Gasteiger partial charge in [-0.1, -0.05) is 24.6 Å². The molecule has 0 radical (unpaired) electrons. The fraction of sp³-hybridized carbons (Fsp3) is 0.550. The number of aromatic amines is 1. The molecule has 1 aromatic carbocycles. The number of hydrogen-bond donors (Lipinski definition) is 3. The number of rotatable bonds is 4. The third-order valence-electron chi connectivity index (χ3n) is 6.15. The molecule has 0 aliphatic heterocycles. The first kappa shape index (κ1) is 18.3. The largest absolute Gasteiger partial charge is 0.361 e. The average Bonchev–Trinajstić information content (AvgIpc) is 2.98. The lowest BCUT2D eigenvalue weighted by molar-refractivity contribution is -0.127. The molecule has 136 valence electrons. The van der Waals surface area contributed by atoms with Crippen LogP contribution in [0.5, 0.6) is 0 Å². The summed E-state index contributed by atoms with van der Waals surface area (Å²) in [6, 6.07) is 8.64. The normalized spacial score (nSPS) is 28.4. The van der Waals surface area contributed by atoms with Gasteiger partial charge >= 0.3 is 0 Å². The van der Waals surface area contributed by atoms with Crippen molar-refractivity contribution in [3.63, 3.8) is 0 Å². The van der Waals surface area contributed by atoms with E-state index in [1.54, 1.807) is 0 Å². The third-order valence-corrected chi connectivity index (χ3v) is 6.15. The number of carbonyl (C=O) groups is 1. The number of para-hydroxylation sites is 1. The molecule has 2 fully saturated rings. The van der Waals surface area contributed by atoms with Gasteiger partial charge in [-0.2, -0.15) is 0 Å². The van der Waals surface area contributed by atoms with E-state index in [1.165, 1.54) is 30.2 Å². The van der Waals surface area contributed by atoms with Gasteiger partial charge in [-0.15, -0.1) is 12.4 Å². The lowest BCUT2D eigenvalue weighted by atomic mass is 9.65. The molecule has 2 aliphatic rings. The van der Waals surface area contributed by atoms with Crippen molar-refractivity contribution in [2.45, 2.75) is 44.6 Å². The molecule has 2 aromatic rings. The van der Waals surface area contributed by atoms with Crippen molar-refractivity contribution >= 4 is 29.2 Å². The van der Waals surface area contributed by atoms with E-state index in [2.05, 4.69) is 34.7 Å². The molecule has 0 saturated heterocycles. The number of carbonyl (C=O) groups excluding carboxylic acids is 1. The van der Waals surface area contributed by atoms with E-state index in [4.69, 9.17) is 5.73 Å². The molecule has 1 amide bonds. The Morgan fingerprint density at radius 2 is 1.92 bits per heavy atom. The molecule has 4 N–H and O–H groups in total. The van der Waals surface area contributed by atoms with Crippen molar-refractivity contribution < 1.29 is 4.79 Å². The van der Waals surface area contributed by atoms with E-state index >= 15 is 0 Å². The maximum absolute atomic E-state index is 12.6. The number of nitrogens with one attached hydrogen (secondary N) is 2. The molecule has 1 aromatic heterocycles. The number of aromatic nitrogens is 1. The van der Waals surface area contributed by atoms with Crippen molar-refractivity contribution in [2.24, 2.45) is 23.5 Å². The smallest absolute Gasteiger partial charge is 0.223 e. The minimum atomic E-state index is 0. The number of amides is 1. The molecule has 2 atom stereocenters. The summed E-state index contributed by atoms with van der Waals surface area (Å²) >= 11 is 0. The molecule has 2 saturated carbocycles. The van der Waals surface area contributed by atoms with Crippen molar-refractivity contribution in [1.82, 2.24) is 10.3 Å². The Hall–Kier alpha value is -1.52. The van der Waals surface area contributed by atoms with Gasteiger partial charge in [-0.05, 0) is 55.6 Å². The molecule has 25 heavy (non-hydrogen) atoms. The monoisotopic (exact) mass is 361 g/mol. The number of H-pyrrole nitrogens is 1. The van der Waals surface area contributed by atoms with Gasteiger partial charge in [0.25, 0.3) is 0 Å². The van der Waals surface area contributed by atoms with Crippen LogP contribution in [0.15, 0.2) is 30.5 Å². The fourth-order valence-electron chi connectivity index (χ4n) is 4.81. The van der Waals surface area contributed by atoms with E-state index in [0.717, 1.165) is 24.8 Å². The molecule has 0 spiro atoms. The summed E-state index contributed by atoms with van der Waals surface area (Å²) in [7, 11) is 0. The second kappa shape index (κ2) is 7.79. The average molecular weight is 362 g/mol. The van der Waals surface area contributed by atoms with Crippen molar-refractivity contribution in [2.75, 3.05) is 6.54 Å². The summed E-state index contributed by atoms with van der Waals surface area (Å²) in [5.74, 6) is 1.52. The highest BCUT2D eigenvalue weighted by Gasteiger charge is 2.40. The Balaban J connectivity index is 0.00000182. The van der Waals surface area contributed by atoms with Crippen LogP contribution in [-0.4, -0.2) is 23.5 Å². The minimum Gasteiger partial charge on any atom is -0.361 e. The van der Waals surface area contributed by atoms with Gasteiger partial charge in [0.2, 0.25) is 5.91 Å². The van der Waals surface area contributed by atoms with Crippen LogP contribution in [0.3, 0.4) is 0 Å². The van der Waals surface area contributed by atoms with Crippen LogP contribution in [-0.2, 0) is 11.2 Å². The molecule has 4 rings (SSSR count). The van der Waals surface area contributed by atoms with Crippen molar-refractivity contribution in [3.05, 3.63) is 36.0 Å². The maximum atomic E-state index is 12.6. The molecule has 4 nitrogen and oxygen atoms in total. The first-order valence-corrected chi connectivity index (χ1v) is 9.30. The lowest BCUT2D eigenvalue weighted by Gasteiger charge is -2.43. The summed E-state index contributed by atoms with van der Waals surface area (Å²) in [6.07, 6.45) is 8.59. The van der Waals surface area contributed by atoms with Crippen LogP contribution in [0, 0.1) is 17.8 Å². The van der Waals surface area contributed by atoms with Crippen LogP contribution < -0.4 is 11.1 Å². The number of hydrogen-bond acceptors (Lipinski definition) is 2. The first-order valence-electron chi connectivity index (χ1n) is 9.30. The SMILES string of the molecule is Cl.NC1C2CCCC1CC(C(=O)NCCc1c[nH]c3ccccc13)C2. The second-order valence-electron chi connectivity index (χ2n) is 7.60. The third kappa shape index (κ3) is 3.70. The maximum Gasteiger partial charge on any atom is 0.223 e. The van der Waals surface area contributed by atoms with Crippen LogP contribution >= 0.6 is 12.4 Å². The topological polar surface area (TPSA) is 70.9 Å². The minimum absolute atomic E-state index is 0. The van der Waals surface area contributed by atoms with Crippen LogP contribution in [0.25, 0.3) is 10.9 Å². The van der Waals surface area contributed by atoms with Gasteiger partial charge in [0.15, 0.2) is 0 Å². The Bertz CT molecular complexity index is 715. The second-order valence-corrected chi connectivity index (χ2v) is 7.60. The molecule has 5 heteroatoms. The predicted molar refractivity (Wildman–Crippen MR) is 104 cm³/mol. The lowest BCUT2D eigenvalue weighted by Crippen LogP contribution is -2.49. The summed E-state index contributed by atoms with van der Waals surface area (Å²) in [4.78, 5) is 15.9. The van der Waals surface area contributed by atoms with Crippen LogP contribution in [0.1, 0.15) is 37.7 Å². The number of fused-ring (bicyclic) bond motifs is 3. The highest BCUT2D eigenvalue weighted by Crippen LogP contribution is 2.41. The quantitative estimate of drug-likeness (QED) is 0.781.